The standard InChI is InChI=1S/C13H12BrF2NOS/c1-7(17)13(12-4-8(14)6-19-12)18-9-2-3-10(15)11(16)5-9/h2-7,13H,17H2,1H3. The molecule has 1 heterocycles. The van der Waals surface area contributed by atoms with Crippen LogP contribution in [0.2, 0.25) is 0 Å². The van der Waals surface area contributed by atoms with E-state index in [1.807, 2.05) is 11.4 Å². The molecule has 102 valence electrons. The van der Waals surface area contributed by atoms with Gasteiger partial charge in [-0.2, -0.15) is 0 Å². The monoisotopic (exact) mass is 347 g/mol. The highest BCUT2D eigenvalue weighted by atomic mass is 79.9. The van der Waals surface area contributed by atoms with Crippen LogP contribution >= 0.6 is 27.3 Å². The molecule has 0 spiro atoms. The molecule has 2 nitrogen and oxygen atoms in total. The van der Waals surface area contributed by atoms with Crippen LogP contribution in [0.4, 0.5) is 8.78 Å². The molecular weight excluding hydrogens is 336 g/mol. The van der Waals surface area contributed by atoms with Crippen molar-refractivity contribution < 1.29 is 13.5 Å². The van der Waals surface area contributed by atoms with E-state index in [2.05, 4.69) is 15.9 Å². The summed E-state index contributed by atoms with van der Waals surface area (Å²) in [5, 5.41) is 1.92. The molecule has 0 saturated carbocycles. The molecule has 0 saturated heterocycles. The normalized spacial score (nSPS) is 14.2. The Labute approximate surface area is 122 Å². The Bertz CT molecular complexity index is 574. The Hall–Kier alpha value is -0.980. The number of hydrogen-bond acceptors (Lipinski definition) is 3. The van der Waals surface area contributed by atoms with Crippen LogP contribution in [0, 0.1) is 11.6 Å². The third kappa shape index (κ3) is 3.52. The highest BCUT2D eigenvalue weighted by molar-refractivity contribution is 9.10. The largest absolute Gasteiger partial charge is 0.483 e. The maximum absolute atomic E-state index is 13.1. The molecule has 0 aliphatic carbocycles. The number of rotatable bonds is 4. The van der Waals surface area contributed by atoms with Crippen LogP contribution in [-0.2, 0) is 0 Å². The van der Waals surface area contributed by atoms with Gasteiger partial charge in [-0.1, -0.05) is 0 Å². The molecule has 0 amide bonds. The topological polar surface area (TPSA) is 35.2 Å². The minimum Gasteiger partial charge on any atom is -0.483 e. The summed E-state index contributed by atoms with van der Waals surface area (Å²) >= 11 is 4.85. The predicted molar refractivity (Wildman–Crippen MR) is 75.4 cm³/mol. The van der Waals surface area contributed by atoms with Crippen molar-refractivity contribution in [1.82, 2.24) is 0 Å². The van der Waals surface area contributed by atoms with Crippen LogP contribution < -0.4 is 10.5 Å². The van der Waals surface area contributed by atoms with Gasteiger partial charge in [0.05, 0.1) is 0 Å². The lowest BCUT2D eigenvalue weighted by Crippen LogP contribution is -2.28. The summed E-state index contributed by atoms with van der Waals surface area (Å²) < 4.78 is 32.6. The number of halogens is 3. The molecule has 2 N–H and O–H groups in total. The fraction of sp³-hybridized carbons (Fsp3) is 0.231. The SMILES string of the molecule is CC(N)C(Oc1ccc(F)c(F)c1)c1cc(Br)cs1. The highest BCUT2D eigenvalue weighted by Gasteiger charge is 2.20. The molecule has 1 aromatic carbocycles. The van der Waals surface area contributed by atoms with Gasteiger partial charge in [0.15, 0.2) is 11.6 Å². The van der Waals surface area contributed by atoms with Gasteiger partial charge in [-0.25, -0.2) is 8.78 Å². The third-order valence-corrected chi connectivity index (χ3v) is 4.25. The molecule has 2 atom stereocenters. The zero-order valence-corrected chi connectivity index (χ0v) is 12.5. The van der Waals surface area contributed by atoms with E-state index in [0.29, 0.717) is 0 Å². The van der Waals surface area contributed by atoms with Gasteiger partial charge in [0.2, 0.25) is 0 Å². The lowest BCUT2D eigenvalue weighted by atomic mass is 10.1. The second-order valence-electron chi connectivity index (χ2n) is 4.14. The first-order valence-corrected chi connectivity index (χ1v) is 7.26. The first kappa shape index (κ1) is 14.4. The zero-order chi connectivity index (χ0) is 14.0. The average Bonchev–Trinajstić information content (AvgIpc) is 2.76. The highest BCUT2D eigenvalue weighted by Crippen LogP contribution is 2.31. The van der Waals surface area contributed by atoms with Gasteiger partial charge in [0.1, 0.15) is 11.9 Å². The molecule has 0 aliphatic heterocycles. The van der Waals surface area contributed by atoms with Gasteiger partial charge in [0, 0.05) is 26.8 Å². The van der Waals surface area contributed by atoms with Crippen molar-refractivity contribution in [2.45, 2.75) is 19.1 Å². The first-order valence-electron chi connectivity index (χ1n) is 5.58. The van der Waals surface area contributed by atoms with Crippen molar-refractivity contribution in [2.24, 2.45) is 5.73 Å². The Balaban J connectivity index is 2.23. The maximum Gasteiger partial charge on any atom is 0.162 e. The number of benzene rings is 1. The van der Waals surface area contributed by atoms with Gasteiger partial charge < -0.3 is 10.5 Å². The smallest absolute Gasteiger partial charge is 0.162 e. The van der Waals surface area contributed by atoms with Crippen LogP contribution in [0.1, 0.15) is 17.9 Å². The first-order chi connectivity index (χ1) is 8.97. The van der Waals surface area contributed by atoms with Crippen molar-refractivity contribution in [2.75, 3.05) is 0 Å². The number of ether oxygens (including phenoxy) is 1. The van der Waals surface area contributed by atoms with Crippen LogP contribution in [-0.4, -0.2) is 6.04 Å². The molecule has 0 bridgehead atoms. The Kier molecular flexibility index (Phi) is 4.54. The van der Waals surface area contributed by atoms with E-state index in [-0.39, 0.29) is 11.8 Å². The quantitative estimate of drug-likeness (QED) is 0.896. The van der Waals surface area contributed by atoms with Crippen molar-refractivity contribution in [1.29, 1.82) is 0 Å². The van der Waals surface area contributed by atoms with Crippen LogP contribution in [0.3, 0.4) is 0 Å². The average molecular weight is 348 g/mol. The van der Waals surface area contributed by atoms with E-state index >= 15 is 0 Å². The molecule has 19 heavy (non-hydrogen) atoms. The number of hydrogen-bond donors (Lipinski definition) is 1. The van der Waals surface area contributed by atoms with Crippen LogP contribution in [0.25, 0.3) is 0 Å². The summed E-state index contributed by atoms with van der Waals surface area (Å²) in [5.41, 5.74) is 5.89. The van der Waals surface area contributed by atoms with E-state index in [4.69, 9.17) is 10.5 Å². The van der Waals surface area contributed by atoms with Crippen LogP contribution in [0.5, 0.6) is 5.75 Å². The molecule has 1 aromatic heterocycles. The number of thiophene rings is 1. The second kappa shape index (κ2) is 5.98. The lowest BCUT2D eigenvalue weighted by Gasteiger charge is -2.21. The summed E-state index contributed by atoms with van der Waals surface area (Å²) in [7, 11) is 0. The summed E-state index contributed by atoms with van der Waals surface area (Å²) in [4.78, 5) is 0.923. The fourth-order valence-electron chi connectivity index (χ4n) is 1.60. The molecule has 2 aromatic rings. The molecule has 2 unspecified atom stereocenters. The van der Waals surface area contributed by atoms with Crippen molar-refractivity contribution in [3.05, 3.63) is 50.6 Å². The molecule has 2 rings (SSSR count). The number of nitrogens with two attached hydrogens (primary N) is 1. The molecule has 0 radical (unpaired) electrons. The summed E-state index contributed by atoms with van der Waals surface area (Å²) in [6.07, 6.45) is -0.402. The van der Waals surface area contributed by atoms with E-state index in [1.165, 1.54) is 17.4 Å². The Morgan fingerprint density at radius 3 is 2.53 bits per heavy atom. The Morgan fingerprint density at radius 1 is 1.26 bits per heavy atom. The summed E-state index contributed by atoms with van der Waals surface area (Å²) in [6.45, 7) is 1.80. The molecule has 6 heteroatoms. The van der Waals surface area contributed by atoms with E-state index in [0.717, 1.165) is 21.5 Å². The van der Waals surface area contributed by atoms with Gasteiger partial charge in [-0.15, -0.1) is 11.3 Å². The maximum atomic E-state index is 13.1. The molecule has 0 aliphatic rings. The summed E-state index contributed by atoms with van der Waals surface area (Å²) in [6, 6.07) is 5.06. The second-order valence-corrected chi connectivity index (χ2v) is 6.00. The van der Waals surface area contributed by atoms with Crippen molar-refractivity contribution in [3.8, 4) is 5.75 Å². The van der Waals surface area contributed by atoms with Crippen LogP contribution in [0.15, 0.2) is 34.1 Å². The van der Waals surface area contributed by atoms with Gasteiger partial charge in [-0.05, 0) is 41.1 Å². The van der Waals surface area contributed by atoms with Crippen molar-refractivity contribution in [3.63, 3.8) is 0 Å². The van der Waals surface area contributed by atoms with Crippen molar-refractivity contribution >= 4 is 27.3 Å². The lowest BCUT2D eigenvalue weighted by molar-refractivity contribution is 0.183. The van der Waals surface area contributed by atoms with E-state index in [1.54, 1.807) is 6.92 Å². The zero-order valence-electron chi connectivity index (χ0n) is 10.1. The fourth-order valence-corrected chi connectivity index (χ4v) is 3.19. The van der Waals surface area contributed by atoms with E-state index < -0.39 is 17.7 Å². The molecule has 0 fully saturated rings. The summed E-state index contributed by atoms with van der Waals surface area (Å²) in [5.74, 6) is -1.58. The van der Waals surface area contributed by atoms with Gasteiger partial charge in [-0.3, -0.25) is 0 Å². The predicted octanol–water partition coefficient (Wildman–Crippen LogP) is 4.26. The minimum absolute atomic E-state index is 0.255. The minimum atomic E-state index is -0.937. The molecular formula is C13H12BrF2NOS. The van der Waals surface area contributed by atoms with Gasteiger partial charge in [0.25, 0.3) is 0 Å². The Morgan fingerprint density at radius 2 is 2.00 bits per heavy atom. The van der Waals surface area contributed by atoms with E-state index in [9.17, 15) is 8.78 Å². The van der Waals surface area contributed by atoms with Gasteiger partial charge >= 0.3 is 0 Å². The third-order valence-electron chi connectivity index (χ3n) is 2.50.